The summed E-state index contributed by atoms with van der Waals surface area (Å²) in [5.74, 6) is -1.42. The van der Waals surface area contributed by atoms with Crippen molar-refractivity contribution < 1.29 is 32.6 Å². The van der Waals surface area contributed by atoms with E-state index in [9.17, 15) is 23.2 Å². The molecule has 1 aliphatic rings. The quantitative estimate of drug-likeness (QED) is 0.233. The van der Waals surface area contributed by atoms with E-state index in [1.54, 1.807) is 26.8 Å². The molecule has 1 aromatic carbocycles. The number of Topliss-reactive ketones (excluding diaryl/α,β-unsaturated/α-hetero) is 1. The molecule has 4 aromatic rings. The largest absolute Gasteiger partial charge is 0.444 e. The highest BCUT2D eigenvalue weighted by molar-refractivity contribution is 6.24. The van der Waals surface area contributed by atoms with Crippen LogP contribution in [-0.2, 0) is 20.9 Å². The number of aromatic nitrogens is 6. The number of anilines is 1. The summed E-state index contributed by atoms with van der Waals surface area (Å²) in [6.07, 6.45) is 6.72. The molecule has 4 N–H and O–H groups in total. The maximum Gasteiger partial charge on any atom is 0.410 e. The van der Waals surface area contributed by atoms with E-state index in [0.717, 1.165) is 6.20 Å². The molecule has 236 valence electrons. The number of carbonyl (C=O) groups excluding carboxylic acids is 3. The van der Waals surface area contributed by atoms with Crippen molar-refractivity contribution in [2.75, 3.05) is 18.4 Å². The number of alkyl halides is 2. The standard InChI is InChI=1S/C29H31F2N9O5/c1-29(2,3)45-28(43)39-8-5-16(14-39)22(41)15-40-21-10-23(44-27(30)31)18(9-17(21)12-36-40)24-20(13-35-38-24)37-26(42)19(11-32)25-33-6-4-7-34-25/h4,6-7,9-13,16,27H,5,8,14-15,32H2,1-3H3,(H,35,38)(H,37,42). The van der Waals surface area contributed by atoms with Crippen LogP contribution in [0.2, 0.25) is 0 Å². The number of ether oxygens (including phenoxy) is 2. The molecule has 4 heterocycles. The van der Waals surface area contributed by atoms with Gasteiger partial charge in [0.15, 0.2) is 11.6 Å². The summed E-state index contributed by atoms with van der Waals surface area (Å²) in [5.41, 5.74) is 5.81. The van der Waals surface area contributed by atoms with Crippen molar-refractivity contribution in [1.82, 2.24) is 34.8 Å². The van der Waals surface area contributed by atoms with Gasteiger partial charge in [-0.15, -0.1) is 0 Å². The number of fused-ring (bicyclic) bond motifs is 1. The number of benzene rings is 1. The van der Waals surface area contributed by atoms with Crippen molar-refractivity contribution in [3.63, 3.8) is 0 Å². The summed E-state index contributed by atoms with van der Waals surface area (Å²) in [6.45, 7) is 2.56. The molecule has 5 rings (SSSR count). The highest BCUT2D eigenvalue weighted by Gasteiger charge is 2.33. The number of aromatic amines is 1. The lowest BCUT2D eigenvalue weighted by Crippen LogP contribution is -2.36. The second kappa shape index (κ2) is 12.7. The molecular formula is C29H31F2N9O5. The molecule has 2 amide bonds. The van der Waals surface area contributed by atoms with Gasteiger partial charge in [0.2, 0.25) is 0 Å². The van der Waals surface area contributed by atoms with E-state index in [-0.39, 0.29) is 53.0 Å². The second-order valence-electron chi connectivity index (χ2n) is 11.2. The molecule has 0 bridgehead atoms. The summed E-state index contributed by atoms with van der Waals surface area (Å²) < 4.78 is 38.8. The van der Waals surface area contributed by atoms with Gasteiger partial charge in [0.05, 0.1) is 34.9 Å². The van der Waals surface area contributed by atoms with E-state index >= 15 is 0 Å². The van der Waals surface area contributed by atoms with Crippen molar-refractivity contribution in [3.8, 4) is 17.0 Å². The fourth-order valence-corrected chi connectivity index (χ4v) is 4.88. The zero-order chi connectivity index (χ0) is 32.3. The van der Waals surface area contributed by atoms with Crippen molar-refractivity contribution in [2.45, 2.75) is 45.9 Å². The lowest BCUT2D eigenvalue weighted by Gasteiger charge is -2.24. The molecule has 1 saturated heterocycles. The maximum absolute atomic E-state index is 13.6. The average Bonchev–Trinajstić information content (AvgIpc) is 3.73. The van der Waals surface area contributed by atoms with Gasteiger partial charge in [0, 0.05) is 54.6 Å². The molecule has 0 saturated carbocycles. The molecule has 3 aromatic heterocycles. The van der Waals surface area contributed by atoms with Gasteiger partial charge in [-0.25, -0.2) is 14.8 Å². The minimum atomic E-state index is -3.18. The average molecular weight is 624 g/mol. The first-order valence-electron chi connectivity index (χ1n) is 13.9. The Bertz CT molecular complexity index is 1750. The van der Waals surface area contributed by atoms with Gasteiger partial charge in [-0.05, 0) is 39.3 Å². The Morgan fingerprint density at radius 2 is 1.96 bits per heavy atom. The summed E-state index contributed by atoms with van der Waals surface area (Å²) >= 11 is 0. The number of halogens is 2. The Morgan fingerprint density at radius 1 is 1.20 bits per heavy atom. The zero-order valence-corrected chi connectivity index (χ0v) is 24.7. The Labute approximate surface area is 255 Å². The highest BCUT2D eigenvalue weighted by Crippen LogP contribution is 2.38. The molecule has 14 nitrogen and oxygen atoms in total. The Hall–Kier alpha value is -5.41. The van der Waals surface area contributed by atoms with E-state index < -0.39 is 30.1 Å². The first kappa shape index (κ1) is 31.0. The third-order valence-electron chi connectivity index (χ3n) is 6.93. The van der Waals surface area contributed by atoms with Gasteiger partial charge in [-0.2, -0.15) is 19.0 Å². The van der Waals surface area contributed by atoms with Crippen LogP contribution >= 0.6 is 0 Å². The fourth-order valence-electron chi connectivity index (χ4n) is 4.88. The fraction of sp³-hybridized carbons (Fsp3) is 0.345. The van der Waals surface area contributed by atoms with Crippen LogP contribution in [0.5, 0.6) is 5.75 Å². The molecule has 1 atom stereocenters. The minimum Gasteiger partial charge on any atom is -0.444 e. The summed E-state index contributed by atoms with van der Waals surface area (Å²) in [4.78, 5) is 48.2. The number of H-pyrrole nitrogens is 1. The minimum absolute atomic E-state index is 0.0234. The maximum atomic E-state index is 13.6. The number of nitrogens with two attached hydrogens (primary N) is 1. The van der Waals surface area contributed by atoms with Crippen LogP contribution in [0.1, 0.15) is 33.0 Å². The van der Waals surface area contributed by atoms with Crippen LogP contribution in [0.3, 0.4) is 0 Å². The molecule has 1 aliphatic heterocycles. The number of amides is 2. The lowest BCUT2D eigenvalue weighted by atomic mass is 10.0. The summed E-state index contributed by atoms with van der Waals surface area (Å²) in [7, 11) is 0. The second-order valence-corrected chi connectivity index (χ2v) is 11.2. The lowest BCUT2D eigenvalue weighted by molar-refractivity contribution is -0.123. The zero-order valence-electron chi connectivity index (χ0n) is 24.7. The number of nitrogens with one attached hydrogen (secondary N) is 2. The molecule has 0 radical (unpaired) electrons. The van der Waals surface area contributed by atoms with E-state index in [0.29, 0.717) is 23.9 Å². The first-order chi connectivity index (χ1) is 21.4. The normalized spacial score (nSPS) is 15.5. The van der Waals surface area contributed by atoms with Crippen LogP contribution in [0.25, 0.3) is 27.7 Å². The molecule has 45 heavy (non-hydrogen) atoms. The van der Waals surface area contributed by atoms with Gasteiger partial charge in [0.1, 0.15) is 17.9 Å². The van der Waals surface area contributed by atoms with Gasteiger partial charge < -0.3 is 25.4 Å². The summed E-state index contributed by atoms with van der Waals surface area (Å²) in [6, 6.07) is 4.45. The van der Waals surface area contributed by atoms with Gasteiger partial charge in [-0.1, -0.05) is 0 Å². The van der Waals surface area contributed by atoms with Crippen LogP contribution in [-0.4, -0.2) is 77.9 Å². The molecule has 1 unspecified atom stereocenters. The van der Waals surface area contributed by atoms with E-state index in [1.165, 1.54) is 46.5 Å². The van der Waals surface area contributed by atoms with Crippen LogP contribution < -0.4 is 15.8 Å². The monoisotopic (exact) mass is 623 g/mol. The number of nitrogens with zero attached hydrogens (tertiary/aromatic N) is 6. The SMILES string of the molecule is CC(C)(C)OC(=O)N1CCC(C(=O)Cn2ncc3cc(-c4[nH]ncc4NC(=O)C(=CN)c4ncccn4)c(OC(F)F)cc32)C1. The number of hydrogen-bond acceptors (Lipinski definition) is 10. The smallest absolute Gasteiger partial charge is 0.410 e. The highest BCUT2D eigenvalue weighted by atomic mass is 19.3. The third kappa shape index (κ3) is 7.05. The Kier molecular flexibility index (Phi) is 8.74. The summed E-state index contributed by atoms with van der Waals surface area (Å²) in [5, 5.41) is 14.1. The van der Waals surface area contributed by atoms with E-state index in [1.807, 2.05) is 0 Å². The van der Waals surface area contributed by atoms with Crippen LogP contribution in [0.15, 0.2) is 49.2 Å². The van der Waals surface area contributed by atoms with Gasteiger partial charge >= 0.3 is 12.7 Å². The van der Waals surface area contributed by atoms with Crippen molar-refractivity contribution in [2.24, 2.45) is 11.7 Å². The molecule has 16 heteroatoms. The van der Waals surface area contributed by atoms with Crippen LogP contribution in [0, 0.1) is 5.92 Å². The van der Waals surface area contributed by atoms with Crippen LogP contribution in [0.4, 0.5) is 19.3 Å². The Morgan fingerprint density at radius 3 is 2.64 bits per heavy atom. The number of ketones is 1. The van der Waals surface area contributed by atoms with Crippen molar-refractivity contribution >= 4 is 39.9 Å². The predicted octanol–water partition coefficient (Wildman–Crippen LogP) is 3.58. The molecular weight excluding hydrogens is 592 g/mol. The van der Waals surface area contributed by atoms with Gasteiger partial charge in [-0.3, -0.25) is 19.4 Å². The number of carbonyl (C=O) groups is 3. The van der Waals surface area contributed by atoms with E-state index in [2.05, 4.69) is 30.6 Å². The van der Waals surface area contributed by atoms with Crippen molar-refractivity contribution in [1.29, 1.82) is 0 Å². The Balaban J connectivity index is 1.38. The number of likely N-dealkylation sites (tertiary alicyclic amines) is 1. The third-order valence-corrected chi connectivity index (χ3v) is 6.93. The predicted molar refractivity (Wildman–Crippen MR) is 158 cm³/mol. The van der Waals surface area contributed by atoms with Crippen molar-refractivity contribution in [3.05, 3.63) is 55.0 Å². The molecule has 0 aliphatic carbocycles. The number of rotatable bonds is 9. The van der Waals surface area contributed by atoms with E-state index in [4.69, 9.17) is 15.2 Å². The van der Waals surface area contributed by atoms with Gasteiger partial charge in [0.25, 0.3) is 5.91 Å². The number of hydrogen-bond donors (Lipinski definition) is 3. The molecule has 1 fully saturated rings. The first-order valence-corrected chi connectivity index (χ1v) is 13.9. The molecule has 0 spiro atoms. The topological polar surface area (TPSA) is 183 Å².